The predicted octanol–water partition coefficient (Wildman–Crippen LogP) is 3.90. The molecule has 160 valence electrons. The highest BCUT2D eigenvalue weighted by Crippen LogP contribution is 2.20. The number of anilines is 1. The van der Waals surface area contributed by atoms with Crippen molar-refractivity contribution in [2.24, 2.45) is 0 Å². The number of fused-ring (bicyclic) bond motifs is 1. The van der Waals surface area contributed by atoms with Gasteiger partial charge in [0.25, 0.3) is 5.91 Å². The van der Waals surface area contributed by atoms with Gasteiger partial charge in [-0.05, 0) is 55.3 Å². The van der Waals surface area contributed by atoms with Crippen LogP contribution in [-0.4, -0.2) is 59.3 Å². The number of nitrogens with one attached hydrogen (secondary N) is 1. The lowest BCUT2D eigenvalue weighted by Crippen LogP contribution is -2.50. The number of piperazine rings is 1. The average Bonchev–Trinajstić information content (AvgIpc) is 2.76. The summed E-state index contributed by atoms with van der Waals surface area (Å²) in [5.41, 5.74) is 4.39. The van der Waals surface area contributed by atoms with Gasteiger partial charge in [0.05, 0.1) is 12.1 Å². The maximum absolute atomic E-state index is 12.9. The lowest BCUT2D eigenvalue weighted by Gasteiger charge is -2.34. The van der Waals surface area contributed by atoms with E-state index >= 15 is 0 Å². The van der Waals surface area contributed by atoms with Crippen molar-refractivity contribution >= 4 is 40.0 Å². The van der Waals surface area contributed by atoms with Crippen LogP contribution in [0.4, 0.5) is 5.69 Å². The second kappa shape index (κ2) is 9.04. The molecular weight excluding hydrogens is 412 g/mol. The number of halogens is 1. The van der Waals surface area contributed by atoms with Crippen molar-refractivity contribution in [3.63, 3.8) is 0 Å². The molecule has 0 unspecified atom stereocenters. The lowest BCUT2D eigenvalue weighted by molar-refractivity contribution is -0.117. The number of amides is 2. The molecule has 2 amide bonds. The van der Waals surface area contributed by atoms with Gasteiger partial charge < -0.3 is 10.2 Å². The van der Waals surface area contributed by atoms with Crippen LogP contribution in [-0.2, 0) is 4.79 Å². The molecule has 3 aromatic rings. The van der Waals surface area contributed by atoms with Crippen molar-refractivity contribution in [2.45, 2.75) is 13.8 Å². The van der Waals surface area contributed by atoms with Gasteiger partial charge in [0.2, 0.25) is 5.91 Å². The van der Waals surface area contributed by atoms with E-state index in [1.807, 2.05) is 55.1 Å². The summed E-state index contributed by atoms with van der Waals surface area (Å²) in [6.07, 6.45) is 0. The zero-order valence-electron chi connectivity index (χ0n) is 17.7. The molecule has 0 spiro atoms. The molecule has 7 heteroatoms. The molecule has 31 heavy (non-hydrogen) atoms. The van der Waals surface area contributed by atoms with E-state index in [1.54, 1.807) is 12.1 Å². The molecule has 1 aromatic heterocycles. The molecule has 2 aromatic carbocycles. The minimum Gasteiger partial charge on any atom is -0.336 e. The van der Waals surface area contributed by atoms with Crippen molar-refractivity contribution in [2.75, 3.05) is 38.0 Å². The van der Waals surface area contributed by atoms with Gasteiger partial charge in [-0.2, -0.15) is 0 Å². The van der Waals surface area contributed by atoms with E-state index < -0.39 is 0 Å². The third-order valence-electron chi connectivity index (χ3n) is 5.67. The Labute approximate surface area is 186 Å². The standard InChI is InChI=1S/C24H25ClN4O2/c1-16-4-3-5-17(2)23(16)27-22(30)15-28-10-12-29(13-11-28)24(31)19-6-8-20-18(14-19)7-9-21(25)26-20/h3-9,14H,10-13,15H2,1-2H3,(H,27,30). The van der Waals surface area contributed by atoms with Gasteiger partial charge in [0.15, 0.2) is 0 Å². The second-order valence-electron chi connectivity index (χ2n) is 7.92. The fourth-order valence-corrected chi connectivity index (χ4v) is 4.07. The summed E-state index contributed by atoms with van der Waals surface area (Å²) in [6.45, 7) is 6.80. The van der Waals surface area contributed by atoms with Crippen LogP contribution in [0.3, 0.4) is 0 Å². The SMILES string of the molecule is Cc1cccc(C)c1NC(=O)CN1CCN(C(=O)c2ccc3nc(Cl)ccc3c2)CC1. The topological polar surface area (TPSA) is 65.5 Å². The number of pyridine rings is 1. The molecule has 0 aliphatic carbocycles. The van der Waals surface area contributed by atoms with Crippen LogP contribution in [0.2, 0.25) is 5.15 Å². The highest BCUT2D eigenvalue weighted by atomic mass is 35.5. The molecule has 0 bridgehead atoms. The van der Waals surface area contributed by atoms with E-state index in [2.05, 4.69) is 15.2 Å². The van der Waals surface area contributed by atoms with Crippen LogP contribution in [0, 0.1) is 13.8 Å². The van der Waals surface area contributed by atoms with E-state index in [9.17, 15) is 9.59 Å². The molecule has 6 nitrogen and oxygen atoms in total. The number of para-hydroxylation sites is 1. The van der Waals surface area contributed by atoms with E-state index in [1.165, 1.54) is 0 Å². The van der Waals surface area contributed by atoms with Crippen LogP contribution in [0.5, 0.6) is 0 Å². The fourth-order valence-electron chi connectivity index (χ4n) is 3.92. The Morgan fingerprint density at radius 2 is 1.71 bits per heavy atom. The van der Waals surface area contributed by atoms with Crippen molar-refractivity contribution < 1.29 is 9.59 Å². The summed E-state index contributed by atoms with van der Waals surface area (Å²) in [6, 6.07) is 15.0. The number of carbonyl (C=O) groups is 2. The first-order valence-electron chi connectivity index (χ1n) is 10.3. The average molecular weight is 437 g/mol. The van der Waals surface area contributed by atoms with Crippen LogP contribution < -0.4 is 5.32 Å². The molecule has 2 heterocycles. The third kappa shape index (κ3) is 4.86. The van der Waals surface area contributed by atoms with Gasteiger partial charge in [-0.25, -0.2) is 4.98 Å². The number of rotatable bonds is 4. The van der Waals surface area contributed by atoms with E-state index in [-0.39, 0.29) is 11.8 Å². The van der Waals surface area contributed by atoms with Crippen LogP contribution >= 0.6 is 11.6 Å². The number of carbonyl (C=O) groups excluding carboxylic acids is 2. The Morgan fingerprint density at radius 3 is 2.42 bits per heavy atom. The normalized spacial score (nSPS) is 14.6. The Morgan fingerprint density at radius 1 is 1.00 bits per heavy atom. The highest BCUT2D eigenvalue weighted by molar-refractivity contribution is 6.29. The Kier molecular flexibility index (Phi) is 6.20. The van der Waals surface area contributed by atoms with Crippen molar-refractivity contribution in [1.29, 1.82) is 0 Å². The molecule has 0 radical (unpaired) electrons. The first kappa shape index (κ1) is 21.3. The minimum atomic E-state index is -0.0298. The molecule has 1 aliphatic rings. The van der Waals surface area contributed by atoms with E-state index in [0.29, 0.717) is 43.4 Å². The number of benzene rings is 2. The van der Waals surface area contributed by atoms with Gasteiger partial charge >= 0.3 is 0 Å². The molecular formula is C24H25ClN4O2. The maximum atomic E-state index is 12.9. The monoisotopic (exact) mass is 436 g/mol. The minimum absolute atomic E-state index is 0.00325. The van der Waals surface area contributed by atoms with Gasteiger partial charge in [0, 0.05) is 42.8 Å². The summed E-state index contributed by atoms with van der Waals surface area (Å²) < 4.78 is 0. The molecule has 1 N–H and O–H groups in total. The van der Waals surface area contributed by atoms with Crippen LogP contribution in [0.15, 0.2) is 48.5 Å². The number of aromatic nitrogens is 1. The van der Waals surface area contributed by atoms with Gasteiger partial charge in [-0.1, -0.05) is 29.8 Å². The number of hydrogen-bond donors (Lipinski definition) is 1. The largest absolute Gasteiger partial charge is 0.336 e. The van der Waals surface area contributed by atoms with Crippen molar-refractivity contribution in [3.8, 4) is 0 Å². The first-order valence-corrected chi connectivity index (χ1v) is 10.7. The van der Waals surface area contributed by atoms with E-state index in [4.69, 9.17) is 11.6 Å². The highest BCUT2D eigenvalue weighted by Gasteiger charge is 2.23. The van der Waals surface area contributed by atoms with Crippen LogP contribution in [0.25, 0.3) is 10.9 Å². The fraction of sp³-hybridized carbons (Fsp3) is 0.292. The summed E-state index contributed by atoms with van der Waals surface area (Å²) in [5.74, 6) is -0.0330. The van der Waals surface area contributed by atoms with Gasteiger partial charge in [-0.3, -0.25) is 14.5 Å². The Balaban J connectivity index is 1.33. The van der Waals surface area contributed by atoms with Crippen molar-refractivity contribution in [3.05, 3.63) is 70.4 Å². The van der Waals surface area contributed by atoms with Crippen molar-refractivity contribution in [1.82, 2.24) is 14.8 Å². The van der Waals surface area contributed by atoms with Gasteiger partial charge in [0.1, 0.15) is 5.15 Å². The third-order valence-corrected chi connectivity index (χ3v) is 5.88. The zero-order valence-corrected chi connectivity index (χ0v) is 18.4. The summed E-state index contributed by atoms with van der Waals surface area (Å²) in [5, 5.41) is 4.35. The number of nitrogens with zero attached hydrogens (tertiary/aromatic N) is 3. The second-order valence-corrected chi connectivity index (χ2v) is 8.31. The van der Waals surface area contributed by atoms with Gasteiger partial charge in [-0.15, -0.1) is 0 Å². The molecule has 1 fully saturated rings. The number of aryl methyl sites for hydroxylation is 2. The quantitative estimate of drug-likeness (QED) is 0.630. The Hall–Kier alpha value is -2.96. The zero-order chi connectivity index (χ0) is 22.0. The summed E-state index contributed by atoms with van der Waals surface area (Å²) in [7, 11) is 0. The van der Waals surface area contributed by atoms with E-state index in [0.717, 1.165) is 27.7 Å². The molecule has 1 aliphatic heterocycles. The molecule has 4 rings (SSSR count). The molecule has 0 atom stereocenters. The predicted molar refractivity (Wildman–Crippen MR) is 124 cm³/mol. The smallest absolute Gasteiger partial charge is 0.253 e. The number of hydrogen-bond acceptors (Lipinski definition) is 4. The maximum Gasteiger partial charge on any atom is 0.253 e. The molecule has 1 saturated heterocycles. The summed E-state index contributed by atoms with van der Waals surface area (Å²) >= 11 is 5.93. The Bertz CT molecular complexity index is 1120. The summed E-state index contributed by atoms with van der Waals surface area (Å²) in [4.78, 5) is 33.6. The first-order chi connectivity index (χ1) is 14.9. The van der Waals surface area contributed by atoms with Crippen LogP contribution in [0.1, 0.15) is 21.5 Å². The molecule has 0 saturated carbocycles. The lowest BCUT2D eigenvalue weighted by atomic mass is 10.1.